The van der Waals surface area contributed by atoms with Crippen LogP contribution < -0.4 is 11.1 Å². The lowest BCUT2D eigenvalue weighted by molar-refractivity contribution is 0.0917. The Morgan fingerprint density at radius 1 is 1.50 bits per heavy atom. The van der Waals surface area contributed by atoms with Gasteiger partial charge >= 0.3 is 0 Å². The SMILES string of the molecule is Nc1c(Cl)cccc1C(=O)NC1CCCC1CO. The van der Waals surface area contributed by atoms with E-state index in [2.05, 4.69) is 5.32 Å². The fraction of sp³-hybridized carbons (Fsp3) is 0.462. The van der Waals surface area contributed by atoms with Crippen molar-refractivity contribution in [2.75, 3.05) is 12.3 Å². The van der Waals surface area contributed by atoms with Crippen molar-refractivity contribution in [1.82, 2.24) is 5.32 Å². The van der Waals surface area contributed by atoms with Gasteiger partial charge in [0.05, 0.1) is 16.3 Å². The largest absolute Gasteiger partial charge is 0.397 e. The molecule has 4 nitrogen and oxygen atoms in total. The highest BCUT2D eigenvalue weighted by molar-refractivity contribution is 6.33. The number of para-hydroxylation sites is 1. The lowest BCUT2D eigenvalue weighted by Gasteiger charge is -2.19. The molecule has 0 bridgehead atoms. The standard InChI is InChI=1S/C13H17ClN2O2/c14-10-5-2-4-9(12(10)15)13(18)16-11-6-1-3-8(11)7-17/h2,4-5,8,11,17H,1,3,6-7,15H2,(H,16,18). The molecule has 1 amide bonds. The molecule has 1 aliphatic carbocycles. The summed E-state index contributed by atoms with van der Waals surface area (Å²) in [6.45, 7) is 0.107. The Labute approximate surface area is 111 Å². The monoisotopic (exact) mass is 268 g/mol. The topological polar surface area (TPSA) is 75.4 Å². The molecule has 2 unspecified atom stereocenters. The molecule has 0 saturated heterocycles. The van der Waals surface area contributed by atoms with Gasteiger partial charge in [0.15, 0.2) is 0 Å². The van der Waals surface area contributed by atoms with Crippen LogP contribution in [0.3, 0.4) is 0 Å². The third kappa shape index (κ3) is 2.60. The number of amides is 1. The van der Waals surface area contributed by atoms with Gasteiger partial charge in [0.2, 0.25) is 0 Å². The summed E-state index contributed by atoms with van der Waals surface area (Å²) in [6.07, 6.45) is 2.88. The van der Waals surface area contributed by atoms with Gasteiger partial charge in [0.25, 0.3) is 5.91 Å². The average molecular weight is 269 g/mol. The first kappa shape index (κ1) is 13.2. The second-order valence-electron chi connectivity index (χ2n) is 4.65. The van der Waals surface area contributed by atoms with Crippen molar-refractivity contribution in [2.24, 2.45) is 5.92 Å². The molecule has 0 aromatic heterocycles. The van der Waals surface area contributed by atoms with Crippen molar-refractivity contribution in [3.8, 4) is 0 Å². The minimum absolute atomic E-state index is 0.0286. The van der Waals surface area contributed by atoms with Gasteiger partial charge in [-0.1, -0.05) is 24.1 Å². The molecule has 1 saturated carbocycles. The molecule has 18 heavy (non-hydrogen) atoms. The number of carbonyl (C=O) groups excluding carboxylic acids is 1. The summed E-state index contributed by atoms with van der Waals surface area (Å²) >= 11 is 5.89. The Kier molecular flexibility index (Phi) is 4.09. The second-order valence-corrected chi connectivity index (χ2v) is 5.06. The van der Waals surface area contributed by atoms with Crippen molar-refractivity contribution >= 4 is 23.2 Å². The van der Waals surface area contributed by atoms with E-state index < -0.39 is 0 Å². The number of hydrogen-bond donors (Lipinski definition) is 3. The number of aliphatic hydroxyl groups excluding tert-OH is 1. The molecule has 1 aliphatic rings. The summed E-state index contributed by atoms with van der Waals surface area (Å²) in [5.41, 5.74) is 6.48. The van der Waals surface area contributed by atoms with E-state index in [4.69, 9.17) is 17.3 Å². The molecule has 2 rings (SSSR count). The lowest BCUT2D eigenvalue weighted by atomic mass is 10.0. The maximum Gasteiger partial charge on any atom is 0.253 e. The number of halogens is 1. The highest BCUT2D eigenvalue weighted by Crippen LogP contribution is 2.27. The minimum Gasteiger partial charge on any atom is -0.397 e. The number of nitrogens with two attached hydrogens (primary N) is 1. The number of hydrogen-bond acceptors (Lipinski definition) is 3. The molecule has 4 N–H and O–H groups in total. The van der Waals surface area contributed by atoms with Crippen LogP contribution in [0, 0.1) is 5.92 Å². The highest BCUT2D eigenvalue weighted by Gasteiger charge is 2.28. The first-order valence-corrected chi connectivity index (χ1v) is 6.47. The van der Waals surface area contributed by atoms with Crippen molar-refractivity contribution in [2.45, 2.75) is 25.3 Å². The van der Waals surface area contributed by atoms with Crippen LogP contribution in [0.1, 0.15) is 29.6 Å². The van der Waals surface area contributed by atoms with Crippen LogP contribution in [-0.2, 0) is 0 Å². The number of carbonyl (C=O) groups is 1. The Balaban J connectivity index is 2.10. The van der Waals surface area contributed by atoms with Crippen molar-refractivity contribution in [3.63, 3.8) is 0 Å². The number of nitrogen functional groups attached to an aromatic ring is 1. The molecular formula is C13H17ClN2O2. The summed E-state index contributed by atoms with van der Waals surface area (Å²) in [7, 11) is 0. The average Bonchev–Trinajstić information content (AvgIpc) is 2.79. The zero-order chi connectivity index (χ0) is 13.1. The van der Waals surface area contributed by atoms with Crippen LogP contribution in [0.25, 0.3) is 0 Å². The van der Waals surface area contributed by atoms with Gasteiger partial charge < -0.3 is 16.2 Å². The Morgan fingerprint density at radius 2 is 2.28 bits per heavy atom. The minimum atomic E-state index is -0.222. The quantitative estimate of drug-likeness (QED) is 0.732. The zero-order valence-electron chi connectivity index (χ0n) is 10.0. The molecule has 98 valence electrons. The van der Waals surface area contributed by atoms with E-state index >= 15 is 0 Å². The Hall–Kier alpha value is -1.26. The fourth-order valence-electron chi connectivity index (χ4n) is 2.43. The molecule has 0 heterocycles. The van der Waals surface area contributed by atoms with Crippen LogP contribution in [0.4, 0.5) is 5.69 Å². The van der Waals surface area contributed by atoms with Gasteiger partial charge in [-0.25, -0.2) is 0 Å². The number of anilines is 1. The van der Waals surface area contributed by atoms with E-state index in [1.807, 2.05) is 0 Å². The van der Waals surface area contributed by atoms with Gasteiger partial charge in [0.1, 0.15) is 0 Å². The third-order valence-electron chi connectivity index (χ3n) is 3.51. The maximum atomic E-state index is 12.1. The first-order valence-electron chi connectivity index (χ1n) is 6.09. The Morgan fingerprint density at radius 3 is 3.00 bits per heavy atom. The highest BCUT2D eigenvalue weighted by atomic mass is 35.5. The van der Waals surface area contributed by atoms with Crippen LogP contribution in [0.15, 0.2) is 18.2 Å². The number of rotatable bonds is 3. The molecule has 0 aliphatic heterocycles. The van der Waals surface area contributed by atoms with E-state index in [-0.39, 0.29) is 24.5 Å². The predicted octanol–water partition coefficient (Wildman–Crippen LogP) is 1.81. The maximum absolute atomic E-state index is 12.1. The molecule has 0 radical (unpaired) electrons. The molecule has 1 fully saturated rings. The smallest absolute Gasteiger partial charge is 0.253 e. The van der Waals surface area contributed by atoms with Crippen LogP contribution in [-0.4, -0.2) is 23.7 Å². The van der Waals surface area contributed by atoms with E-state index in [0.29, 0.717) is 16.3 Å². The summed E-state index contributed by atoms with van der Waals surface area (Å²) < 4.78 is 0. The Bertz CT molecular complexity index is 451. The predicted molar refractivity (Wildman–Crippen MR) is 71.5 cm³/mol. The van der Waals surface area contributed by atoms with E-state index in [9.17, 15) is 9.90 Å². The molecular weight excluding hydrogens is 252 g/mol. The van der Waals surface area contributed by atoms with Gasteiger partial charge in [0, 0.05) is 18.6 Å². The summed E-state index contributed by atoms with van der Waals surface area (Å²) in [4.78, 5) is 12.1. The van der Waals surface area contributed by atoms with Crippen LogP contribution in [0.2, 0.25) is 5.02 Å². The van der Waals surface area contributed by atoms with Gasteiger partial charge in [-0.05, 0) is 25.0 Å². The van der Waals surface area contributed by atoms with Crippen molar-refractivity contribution < 1.29 is 9.90 Å². The molecule has 1 aromatic carbocycles. The summed E-state index contributed by atoms with van der Waals surface area (Å²) in [5, 5.41) is 12.5. The van der Waals surface area contributed by atoms with Crippen molar-refractivity contribution in [3.05, 3.63) is 28.8 Å². The third-order valence-corrected chi connectivity index (χ3v) is 3.84. The van der Waals surface area contributed by atoms with E-state index in [1.54, 1.807) is 18.2 Å². The first-order chi connectivity index (χ1) is 8.63. The number of benzene rings is 1. The zero-order valence-corrected chi connectivity index (χ0v) is 10.8. The van der Waals surface area contributed by atoms with Crippen molar-refractivity contribution in [1.29, 1.82) is 0 Å². The summed E-state index contributed by atoms with van der Waals surface area (Å²) in [6, 6.07) is 5.03. The summed E-state index contributed by atoms with van der Waals surface area (Å²) in [5.74, 6) is -0.0743. The van der Waals surface area contributed by atoms with E-state index in [1.165, 1.54) is 0 Å². The molecule has 2 atom stereocenters. The van der Waals surface area contributed by atoms with Gasteiger partial charge in [-0.2, -0.15) is 0 Å². The second kappa shape index (κ2) is 5.59. The molecule has 5 heteroatoms. The molecule has 0 spiro atoms. The van der Waals surface area contributed by atoms with Gasteiger partial charge in [-0.15, -0.1) is 0 Å². The van der Waals surface area contributed by atoms with Gasteiger partial charge in [-0.3, -0.25) is 4.79 Å². The number of nitrogens with one attached hydrogen (secondary N) is 1. The number of aliphatic hydroxyl groups is 1. The van der Waals surface area contributed by atoms with Crippen LogP contribution >= 0.6 is 11.6 Å². The lowest BCUT2D eigenvalue weighted by Crippen LogP contribution is -2.38. The fourth-order valence-corrected chi connectivity index (χ4v) is 2.60. The van der Waals surface area contributed by atoms with Crippen LogP contribution in [0.5, 0.6) is 0 Å². The molecule has 1 aromatic rings. The normalized spacial score (nSPS) is 23.0. The van der Waals surface area contributed by atoms with E-state index in [0.717, 1.165) is 19.3 Å².